The minimum absolute atomic E-state index is 0.0276. The first-order valence-electron chi connectivity index (χ1n) is 17.3. The maximum Gasteiger partial charge on any atom is 0.224 e. The molecule has 2 aromatic rings. The van der Waals surface area contributed by atoms with E-state index in [-0.39, 0.29) is 39.1 Å². The van der Waals surface area contributed by atoms with Crippen molar-refractivity contribution in [2.24, 2.45) is 17.0 Å². The van der Waals surface area contributed by atoms with E-state index in [1.807, 2.05) is 0 Å². The number of benzene rings is 2. The van der Waals surface area contributed by atoms with Crippen molar-refractivity contribution in [1.82, 2.24) is 10.6 Å². The molecule has 2 amide bonds. The molecule has 16 heteroatoms. The van der Waals surface area contributed by atoms with Crippen LogP contribution in [0.15, 0.2) is 53.6 Å². The van der Waals surface area contributed by atoms with Crippen LogP contribution in [0.5, 0.6) is 0 Å². The molecule has 1 aliphatic carbocycles. The van der Waals surface area contributed by atoms with E-state index in [9.17, 15) is 40.2 Å². The molecule has 52 heavy (non-hydrogen) atoms. The predicted octanol–water partition coefficient (Wildman–Crippen LogP) is 0.981. The van der Waals surface area contributed by atoms with Gasteiger partial charge in [-0.05, 0) is 68.3 Å². The number of azide groups is 1. The lowest BCUT2D eigenvalue weighted by Gasteiger charge is -2.44. The topological polar surface area (TPSA) is 256 Å². The van der Waals surface area contributed by atoms with Crippen molar-refractivity contribution < 1.29 is 54.4 Å². The number of aliphatic hydroxyl groups excluding tert-OH is 4. The summed E-state index contributed by atoms with van der Waals surface area (Å²) in [6, 6.07) is 14.2. The molecule has 0 spiro atoms. The Hall–Kier alpha value is -3.67. The zero-order chi connectivity index (χ0) is 38.2. The summed E-state index contributed by atoms with van der Waals surface area (Å²) in [7, 11) is 0. The lowest BCUT2D eigenvalue weighted by atomic mass is 9.75. The maximum absolute atomic E-state index is 13.9. The smallest absolute Gasteiger partial charge is 0.224 e. The van der Waals surface area contributed by atoms with Gasteiger partial charge in [0.25, 0.3) is 0 Å². The molecular formula is C36H51N5O11. The van der Waals surface area contributed by atoms with Gasteiger partial charge in [0.1, 0.15) is 24.4 Å². The fourth-order valence-electron chi connectivity index (χ4n) is 6.37. The van der Waals surface area contributed by atoms with Crippen LogP contribution in [0, 0.1) is 11.8 Å². The molecule has 0 unspecified atom stereocenters. The molecule has 8 N–H and O–H groups in total. The molecule has 1 aliphatic heterocycles. The highest BCUT2D eigenvalue weighted by molar-refractivity contribution is 5.88. The van der Waals surface area contributed by atoms with Gasteiger partial charge in [-0.2, -0.15) is 0 Å². The Morgan fingerprint density at radius 1 is 0.827 bits per heavy atom. The van der Waals surface area contributed by atoms with Crippen LogP contribution in [-0.4, -0.2) is 105 Å². The summed E-state index contributed by atoms with van der Waals surface area (Å²) in [5.74, 6) is -2.79. The molecule has 286 valence electrons. The highest BCUT2D eigenvalue weighted by Gasteiger charge is 2.49. The second-order valence-corrected chi connectivity index (χ2v) is 14.4. The Morgan fingerprint density at radius 3 is 1.75 bits per heavy atom. The average Bonchev–Trinajstić information content (AvgIpc) is 3.11. The molecular weight excluding hydrogens is 678 g/mol. The number of hydrogen-bond acceptors (Lipinski definition) is 12. The van der Waals surface area contributed by atoms with Crippen LogP contribution in [-0.2, 0) is 48.1 Å². The standard InChI is InChI=1S/C36H51N5O11/c1-35(2,48)22-9-5-20(6-10-22)17-38-32(46)24-15-26(50-14-13-40-41-37)27(51-34-31(45)30(44)29(43)28(19-42)52-34)16-25(24)33(47)39-18-21-7-11-23(12-8-21)36(3,4)49/h5-12,24-31,34,42-45,48-49H,13-19H2,1-4H3,(H,38,46)(H,39,47)/t24-,25-,26-,27-,28+,29+,30-,31-,34-/m0/s1. The van der Waals surface area contributed by atoms with Crippen molar-refractivity contribution >= 4 is 11.8 Å². The Morgan fingerprint density at radius 2 is 1.31 bits per heavy atom. The highest BCUT2D eigenvalue weighted by atomic mass is 16.7. The number of aliphatic hydroxyl groups is 6. The number of ether oxygens (including phenoxy) is 3. The van der Waals surface area contributed by atoms with E-state index in [1.165, 1.54) is 0 Å². The Balaban J connectivity index is 1.58. The second kappa shape index (κ2) is 17.9. The van der Waals surface area contributed by atoms with Crippen molar-refractivity contribution in [3.63, 3.8) is 0 Å². The van der Waals surface area contributed by atoms with E-state index < -0.39 is 84.4 Å². The van der Waals surface area contributed by atoms with Crippen LogP contribution >= 0.6 is 0 Å². The molecule has 9 atom stereocenters. The van der Waals surface area contributed by atoms with Gasteiger partial charge in [0.15, 0.2) is 6.29 Å². The summed E-state index contributed by atoms with van der Waals surface area (Å²) >= 11 is 0. The number of hydrogen-bond donors (Lipinski definition) is 8. The lowest BCUT2D eigenvalue weighted by molar-refractivity contribution is -0.321. The van der Waals surface area contributed by atoms with Crippen LogP contribution in [0.25, 0.3) is 10.4 Å². The normalized spacial score (nSPS) is 28.1. The van der Waals surface area contributed by atoms with Crippen LogP contribution < -0.4 is 10.6 Å². The third kappa shape index (κ3) is 10.7. The second-order valence-electron chi connectivity index (χ2n) is 14.4. The summed E-state index contributed by atoms with van der Waals surface area (Å²) in [5, 5.41) is 70.9. The molecule has 4 rings (SSSR count). The van der Waals surface area contributed by atoms with Gasteiger partial charge in [0.05, 0.1) is 48.5 Å². The number of rotatable bonds is 15. The summed E-state index contributed by atoms with van der Waals surface area (Å²) < 4.78 is 17.7. The summed E-state index contributed by atoms with van der Waals surface area (Å²) in [6.45, 7) is 6.16. The summed E-state index contributed by atoms with van der Waals surface area (Å²) in [5.41, 5.74) is 9.57. The minimum atomic E-state index is -1.72. The molecule has 0 bridgehead atoms. The molecule has 1 saturated carbocycles. The number of nitrogens with one attached hydrogen (secondary N) is 2. The van der Waals surface area contributed by atoms with Gasteiger partial charge in [0.2, 0.25) is 11.8 Å². The summed E-state index contributed by atoms with van der Waals surface area (Å²) in [4.78, 5) is 30.5. The molecule has 0 radical (unpaired) electrons. The van der Waals surface area contributed by atoms with Gasteiger partial charge < -0.3 is 55.5 Å². The van der Waals surface area contributed by atoms with E-state index in [4.69, 9.17) is 19.7 Å². The molecule has 0 aromatic heterocycles. The third-order valence-corrected chi connectivity index (χ3v) is 9.54. The Labute approximate surface area is 302 Å². The van der Waals surface area contributed by atoms with Crippen molar-refractivity contribution in [3.8, 4) is 0 Å². The van der Waals surface area contributed by atoms with E-state index >= 15 is 0 Å². The molecule has 2 aromatic carbocycles. The number of nitrogens with zero attached hydrogens (tertiary/aromatic N) is 3. The minimum Gasteiger partial charge on any atom is -0.394 e. The van der Waals surface area contributed by atoms with Crippen molar-refractivity contribution in [1.29, 1.82) is 0 Å². The van der Waals surface area contributed by atoms with Gasteiger partial charge in [-0.15, -0.1) is 0 Å². The van der Waals surface area contributed by atoms with Crippen molar-refractivity contribution in [3.05, 3.63) is 81.2 Å². The van der Waals surface area contributed by atoms with E-state index in [1.54, 1.807) is 76.2 Å². The molecule has 16 nitrogen and oxygen atoms in total. The number of amides is 2. The van der Waals surface area contributed by atoms with Crippen LogP contribution in [0.4, 0.5) is 0 Å². The SMILES string of the molecule is CC(C)(O)c1ccc(CNC(=O)[C@H]2C[C@H](OCCN=[N+]=[N-])[C@@H](O[C@H]3O[C@H](CO)[C@@H](O)[C@H](O)[C@@H]3O)C[C@@H]2C(=O)NCc2ccc(C(C)(C)O)cc2)cc1. The first kappa shape index (κ1) is 41.1. The Kier molecular flexibility index (Phi) is 14.1. The fraction of sp³-hybridized carbons (Fsp3) is 0.611. The predicted molar refractivity (Wildman–Crippen MR) is 186 cm³/mol. The van der Waals surface area contributed by atoms with Gasteiger partial charge >= 0.3 is 0 Å². The van der Waals surface area contributed by atoms with E-state index in [0.29, 0.717) is 11.1 Å². The monoisotopic (exact) mass is 729 g/mol. The zero-order valence-electron chi connectivity index (χ0n) is 29.8. The lowest BCUT2D eigenvalue weighted by Crippen LogP contribution is -2.61. The van der Waals surface area contributed by atoms with Gasteiger partial charge in [-0.3, -0.25) is 9.59 Å². The number of carbonyl (C=O) groups is 2. The molecule has 1 saturated heterocycles. The summed E-state index contributed by atoms with van der Waals surface area (Å²) in [6.07, 6.45) is -9.80. The van der Waals surface area contributed by atoms with Crippen molar-refractivity contribution in [2.75, 3.05) is 19.8 Å². The van der Waals surface area contributed by atoms with Crippen LogP contribution in [0.1, 0.15) is 62.8 Å². The quantitative estimate of drug-likeness (QED) is 0.0555. The molecule has 1 heterocycles. The fourth-order valence-corrected chi connectivity index (χ4v) is 6.37. The average molecular weight is 730 g/mol. The zero-order valence-corrected chi connectivity index (χ0v) is 29.8. The van der Waals surface area contributed by atoms with E-state index in [2.05, 4.69) is 20.7 Å². The number of carbonyl (C=O) groups excluding carboxylic acids is 2. The largest absolute Gasteiger partial charge is 0.394 e. The highest BCUT2D eigenvalue weighted by Crippen LogP contribution is 2.37. The molecule has 2 fully saturated rings. The third-order valence-electron chi connectivity index (χ3n) is 9.54. The first-order chi connectivity index (χ1) is 24.5. The van der Waals surface area contributed by atoms with Crippen LogP contribution in [0.3, 0.4) is 0 Å². The van der Waals surface area contributed by atoms with Gasteiger partial charge in [-0.25, -0.2) is 0 Å². The van der Waals surface area contributed by atoms with E-state index in [0.717, 1.165) is 11.1 Å². The van der Waals surface area contributed by atoms with Crippen molar-refractivity contribution in [2.45, 2.75) is 108 Å². The Bertz CT molecular complexity index is 1520. The molecule has 2 aliphatic rings. The van der Waals surface area contributed by atoms with Gasteiger partial charge in [-0.1, -0.05) is 53.6 Å². The first-order valence-corrected chi connectivity index (χ1v) is 17.3. The van der Waals surface area contributed by atoms with Gasteiger partial charge in [0, 0.05) is 24.5 Å². The van der Waals surface area contributed by atoms with Crippen LogP contribution in [0.2, 0.25) is 0 Å². The maximum atomic E-state index is 13.9.